The zero-order valence-electron chi connectivity index (χ0n) is 14.9. The number of benzene rings is 1. The fourth-order valence-electron chi connectivity index (χ4n) is 2.62. The fraction of sp³-hybridized carbons (Fsp3) is 0.200. The van der Waals surface area contributed by atoms with Gasteiger partial charge in [0, 0.05) is 24.4 Å². The van der Waals surface area contributed by atoms with Crippen molar-refractivity contribution >= 4 is 11.6 Å². The molecule has 0 N–H and O–H groups in total. The fourth-order valence-corrected chi connectivity index (χ4v) is 2.80. The zero-order valence-corrected chi connectivity index (χ0v) is 15.7. The normalized spacial score (nSPS) is 11.0. The molecule has 0 aliphatic heterocycles. The van der Waals surface area contributed by atoms with E-state index in [9.17, 15) is 8.78 Å². The lowest BCUT2D eigenvalue weighted by molar-refractivity contribution is -0.158. The van der Waals surface area contributed by atoms with E-state index in [0.717, 1.165) is 22.8 Å². The van der Waals surface area contributed by atoms with Crippen LogP contribution in [-0.4, -0.2) is 20.6 Å². The zero-order chi connectivity index (χ0) is 19.6. The number of imidazole rings is 1. The molecule has 0 radical (unpaired) electrons. The Morgan fingerprint density at radius 1 is 1.11 bits per heavy atom. The maximum absolute atomic E-state index is 12.9. The number of hydrogen-bond acceptors (Lipinski definition) is 3. The van der Waals surface area contributed by atoms with Crippen LogP contribution in [-0.2, 0) is 0 Å². The Hall–Kier alpha value is -2.91. The number of hydrogen-bond donors (Lipinski definition) is 0. The second-order valence-corrected chi connectivity index (χ2v) is 6.34. The highest BCUT2D eigenvalue weighted by molar-refractivity contribution is 6.29. The molecule has 0 saturated heterocycles. The maximum Gasteiger partial charge on any atom is 0.394 e. The molecule has 0 amide bonds. The molecule has 7 heteroatoms. The predicted octanol–water partition coefficient (Wildman–Crippen LogP) is 4.93. The van der Waals surface area contributed by atoms with E-state index in [1.165, 1.54) is 12.1 Å². The maximum atomic E-state index is 12.9. The van der Waals surface area contributed by atoms with Crippen LogP contribution in [0.15, 0.2) is 42.6 Å². The highest BCUT2D eigenvalue weighted by Gasteiger charge is 2.23. The molecule has 3 aromatic rings. The summed E-state index contributed by atoms with van der Waals surface area (Å²) in [5, 5.41) is 0.375. The second kappa shape index (κ2) is 7.37. The topological polar surface area (TPSA) is 39.9 Å². The van der Waals surface area contributed by atoms with Gasteiger partial charge in [-0.25, -0.2) is 9.97 Å². The minimum atomic E-state index is -3.22. The third kappa shape index (κ3) is 4.63. The number of alkyl halides is 2. The number of aromatic nitrogens is 3. The number of rotatable bonds is 3. The van der Waals surface area contributed by atoms with E-state index < -0.39 is 6.11 Å². The van der Waals surface area contributed by atoms with Crippen molar-refractivity contribution in [1.82, 2.24) is 14.5 Å². The van der Waals surface area contributed by atoms with Crippen LogP contribution < -0.4 is 4.74 Å². The van der Waals surface area contributed by atoms with Gasteiger partial charge in [0.15, 0.2) is 0 Å². The Kier molecular flexibility index (Phi) is 5.15. The van der Waals surface area contributed by atoms with Gasteiger partial charge < -0.3 is 4.74 Å². The van der Waals surface area contributed by atoms with Crippen molar-refractivity contribution in [2.75, 3.05) is 0 Å². The number of nitrogens with zero attached hydrogens (tertiary/aromatic N) is 3. The summed E-state index contributed by atoms with van der Waals surface area (Å²) in [7, 11) is 0. The summed E-state index contributed by atoms with van der Waals surface area (Å²) in [4.78, 5) is 8.42. The van der Waals surface area contributed by atoms with E-state index in [1.807, 2.05) is 18.4 Å². The Balaban J connectivity index is 1.90. The molecule has 4 nitrogen and oxygen atoms in total. The lowest BCUT2D eigenvalue weighted by Gasteiger charge is -2.14. The summed E-state index contributed by atoms with van der Waals surface area (Å²) < 4.78 is 32.4. The molecule has 0 fully saturated rings. The van der Waals surface area contributed by atoms with Crippen molar-refractivity contribution in [3.63, 3.8) is 0 Å². The Labute approximate surface area is 160 Å². The van der Waals surface area contributed by atoms with Gasteiger partial charge >= 0.3 is 6.11 Å². The van der Waals surface area contributed by atoms with Gasteiger partial charge in [0.2, 0.25) is 0 Å². The van der Waals surface area contributed by atoms with Crippen LogP contribution in [0.5, 0.6) is 5.75 Å². The second-order valence-electron chi connectivity index (χ2n) is 5.95. The van der Waals surface area contributed by atoms with Crippen molar-refractivity contribution in [2.45, 2.75) is 26.9 Å². The lowest BCUT2D eigenvalue weighted by atomic mass is 10.2. The SMILES string of the molecule is Cc1nc(C#Cc2ccnc(Cl)c2)c(C)n1-c1ccc(OC(C)(F)F)cc1. The van der Waals surface area contributed by atoms with Crippen molar-refractivity contribution in [3.8, 4) is 23.3 Å². The van der Waals surface area contributed by atoms with Gasteiger partial charge in [-0.2, -0.15) is 8.78 Å². The Bertz CT molecular complexity index is 1030. The molecule has 0 bridgehead atoms. The van der Waals surface area contributed by atoms with Crippen LogP contribution in [0.2, 0.25) is 5.15 Å². The summed E-state index contributed by atoms with van der Waals surface area (Å²) in [5.41, 5.74) is 2.99. The minimum Gasteiger partial charge on any atom is -0.433 e. The summed E-state index contributed by atoms with van der Waals surface area (Å²) in [6, 6.07) is 9.83. The van der Waals surface area contributed by atoms with E-state index >= 15 is 0 Å². The first-order valence-electron chi connectivity index (χ1n) is 8.10. The van der Waals surface area contributed by atoms with Gasteiger partial charge in [0.05, 0.1) is 5.69 Å². The quantitative estimate of drug-likeness (QED) is 0.472. The molecule has 0 aliphatic rings. The molecule has 0 atom stereocenters. The van der Waals surface area contributed by atoms with Gasteiger partial charge in [0.1, 0.15) is 22.4 Å². The molecule has 138 valence electrons. The van der Waals surface area contributed by atoms with Crippen molar-refractivity contribution < 1.29 is 13.5 Å². The minimum absolute atomic E-state index is 0.0938. The smallest absolute Gasteiger partial charge is 0.394 e. The molecule has 2 heterocycles. The van der Waals surface area contributed by atoms with Crippen molar-refractivity contribution in [1.29, 1.82) is 0 Å². The first-order valence-corrected chi connectivity index (χ1v) is 8.47. The van der Waals surface area contributed by atoms with E-state index in [-0.39, 0.29) is 5.75 Å². The van der Waals surface area contributed by atoms with Crippen LogP contribution in [0, 0.1) is 25.7 Å². The summed E-state index contributed by atoms with van der Waals surface area (Å²) in [6.45, 7) is 4.45. The predicted molar refractivity (Wildman–Crippen MR) is 99.5 cm³/mol. The number of halogens is 3. The van der Waals surface area contributed by atoms with Crippen molar-refractivity contribution in [2.24, 2.45) is 0 Å². The molecule has 1 aromatic carbocycles. The number of pyridine rings is 1. The van der Waals surface area contributed by atoms with Gasteiger partial charge in [-0.1, -0.05) is 17.5 Å². The molecule has 0 saturated carbocycles. The third-order valence-electron chi connectivity index (χ3n) is 3.72. The highest BCUT2D eigenvalue weighted by Crippen LogP contribution is 2.24. The summed E-state index contributed by atoms with van der Waals surface area (Å²) >= 11 is 5.86. The van der Waals surface area contributed by atoms with E-state index in [2.05, 4.69) is 26.5 Å². The largest absolute Gasteiger partial charge is 0.433 e. The van der Waals surface area contributed by atoms with Gasteiger partial charge in [-0.15, -0.1) is 0 Å². The van der Waals surface area contributed by atoms with Gasteiger partial charge in [-0.05, 0) is 56.2 Å². The van der Waals surface area contributed by atoms with E-state index in [1.54, 1.807) is 30.5 Å². The molecule has 0 unspecified atom stereocenters. The molecule has 0 spiro atoms. The van der Waals surface area contributed by atoms with Gasteiger partial charge in [0.25, 0.3) is 0 Å². The molecular weight excluding hydrogens is 372 g/mol. The standard InChI is InChI=1S/C20H16ClF2N3O/c1-13-18(9-4-15-10-11-24-19(21)12-15)25-14(2)26(13)16-5-7-17(8-6-16)27-20(3,22)23/h5-8,10-12H,1-3H3. The van der Waals surface area contributed by atoms with Crippen LogP contribution in [0.1, 0.15) is 29.7 Å². The van der Waals surface area contributed by atoms with E-state index in [0.29, 0.717) is 17.8 Å². The van der Waals surface area contributed by atoms with Crippen molar-refractivity contribution in [3.05, 3.63) is 70.5 Å². The molecule has 3 rings (SSSR count). The first-order chi connectivity index (χ1) is 12.7. The molecular formula is C20H16ClF2N3O. The van der Waals surface area contributed by atoms with Crippen LogP contribution in [0.25, 0.3) is 5.69 Å². The molecule has 2 aromatic heterocycles. The summed E-state index contributed by atoms with van der Waals surface area (Å²) in [6.07, 6.45) is -1.63. The molecule has 0 aliphatic carbocycles. The average molecular weight is 388 g/mol. The highest BCUT2D eigenvalue weighted by atomic mass is 35.5. The third-order valence-corrected chi connectivity index (χ3v) is 3.93. The summed E-state index contributed by atoms with van der Waals surface area (Å²) in [5.74, 6) is 6.88. The number of ether oxygens (including phenoxy) is 1. The number of aryl methyl sites for hydroxylation is 1. The van der Waals surface area contributed by atoms with Crippen LogP contribution in [0.4, 0.5) is 8.78 Å². The van der Waals surface area contributed by atoms with E-state index in [4.69, 9.17) is 11.6 Å². The van der Waals surface area contributed by atoms with Gasteiger partial charge in [-0.3, -0.25) is 4.57 Å². The first kappa shape index (κ1) is 18.9. The monoisotopic (exact) mass is 387 g/mol. The lowest BCUT2D eigenvalue weighted by Crippen LogP contribution is -2.19. The van der Waals surface area contributed by atoms with Crippen LogP contribution in [0.3, 0.4) is 0 Å². The average Bonchev–Trinajstić information content (AvgIpc) is 2.86. The Morgan fingerprint density at radius 3 is 2.44 bits per heavy atom. The van der Waals surface area contributed by atoms with Crippen LogP contribution >= 0.6 is 11.6 Å². The molecule has 27 heavy (non-hydrogen) atoms. The Morgan fingerprint density at radius 2 is 1.81 bits per heavy atom.